The first-order valence-corrected chi connectivity index (χ1v) is 15.7. The van der Waals surface area contributed by atoms with Gasteiger partial charge in [0.15, 0.2) is 11.6 Å². The highest BCUT2D eigenvalue weighted by Crippen LogP contribution is 2.43. The Morgan fingerprint density at radius 1 is 0.907 bits per heavy atom. The summed E-state index contributed by atoms with van der Waals surface area (Å²) in [4.78, 5) is 19.3. The van der Waals surface area contributed by atoms with Crippen LogP contribution in [0.4, 0.5) is 0 Å². The number of rotatable bonds is 12. The summed E-state index contributed by atoms with van der Waals surface area (Å²) in [6.07, 6.45) is 0.130. The van der Waals surface area contributed by atoms with Gasteiger partial charge in [-0.05, 0) is 77.4 Å². The normalized spacial score (nSPS) is 17.7. The third kappa shape index (κ3) is 7.85. The number of carbonyl (C=O) groups is 1. The van der Waals surface area contributed by atoms with Crippen LogP contribution in [-0.2, 0) is 22.5 Å². The molecule has 5 rings (SSSR count). The molecule has 0 spiro atoms. The van der Waals surface area contributed by atoms with Crippen LogP contribution in [0.15, 0.2) is 111 Å². The summed E-state index contributed by atoms with van der Waals surface area (Å²) >= 11 is 13.1. The molecule has 1 aliphatic rings. The standard InChI is InChI=1S/C33H30Br2ClN3O4/c34-26-10-2-22(3-11-26)20-33(32(41)39-37-21-23-4-14-28(36)15-5-23)30(24-6-12-27(35)13-7-24)43-31(38-33)25-8-16-29(17-9-25)42-19-1-18-40/h2-17,30,37,40H,1,18-21H2,(H,39,41)/t30-,33-/m0/s1. The van der Waals surface area contributed by atoms with Crippen LogP contribution >= 0.6 is 43.5 Å². The maximum absolute atomic E-state index is 14.3. The molecule has 4 aromatic rings. The molecule has 0 saturated carbocycles. The van der Waals surface area contributed by atoms with E-state index in [1.165, 1.54) is 0 Å². The molecule has 0 saturated heterocycles. The number of ether oxygens (including phenoxy) is 2. The lowest BCUT2D eigenvalue weighted by Gasteiger charge is -2.31. The number of amides is 1. The van der Waals surface area contributed by atoms with Crippen LogP contribution in [0.1, 0.15) is 34.8 Å². The summed E-state index contributed by atoms with van der Waals surface area (Å²) in [6, 6.07) is 30.4. The fraction of sp³-hybridized carbons (Fsp3) is 0.212. The van der Waals surface area contributed by atoms with Gasteiger partial charge in [-0.2, -0.15) is 0 Å². The van der Waals surface area contributed by atoms with Crippen LogP contribution in [-0.4, -0.2) is 35.7 Å². The Kier molecular flexibility index (Phi) is 10.5. The number of carbonyl (C=O) groups excluding carboxylic acids is 1. The minimum absolute atomic E-state index is 0.0667. The first-order chi connectivity index (χ1) is 20.9. The van der Waals surface area contributed by atoms with E-state index < -0.39 is 11.6 Å². The number of aliphatic hydroxyl groups is 1. The lowest BCUT2D eigenvalue weighted by atomic mass is 9.82. The van der Waals surface area contributed by atoms with Gasteiger partial charge in [0.25, 0.3) is 5.91 Å². The fourth-order valence-electron chi connectivity index (χ4n) is 4.77. The predicted octanol–water partition coefficient (Wildman–Crippen LogP) is 6.95. The number of benzene rings is 4. The third-order valence-corrected chi connectivity index (χ3v) is 8.31. The zero-order chi connectivity index (χ0) is 30.2. The summed E-state index contributed by atoms with van der Waals surface area (Å²) in [6.45, 7) is 0.880. The van der Waals surface area contributed by atoms with Gasteiger partial charge < -0.3 is 14.6 Å². The monoisotopic (exact) mass is 725 g/mol. The van der Waals surface area contributed by atoms with Gasteiger partial charge >= 0.3 is 0 Å². The molecule has 3 N–H and O–H groups in total. The van der Waals surface area contributed by atoms with Crippen molar-refractivity contribution in [1.29, 1.82) is 0 Å². The van der Waals surface area contributed by atoms with Gasteiger partial charge in [-0.25, -0.2) is 10.4 Å². The van der Waals surface area contributed by atoms with Crippen LogP contribution in [0.2, 0.25) is 5.02 Å². The number of halogens is 3. The van der Waals surface area contributed by atoms with E-state index in [0.717, 1.165) is 31.2 Å². The molecule has 0 aliphatic carbocycles. The molecule has 1 amide bonds. The van der Waals surface area contributed by atoms with Crippen molar-refractivity contribution in [2.45, 2.75) is 31.0 Å². The molecule has 7 nitrogen and oxygen atoms in total. The van der Waals surface area contributed by atoms with E-state index in [2.05, 4.69) is 42.7 Å². The Bertz CT molecular complexity index is 1550. The fourth-order valence-corrected chi connectivity index (χ4v) is 5.43. The number of aliphatic hydroxyl groups excluding tert-OH is 1. The molecule has 10 heteroatoms. The molecule has 0 aromatic heterocycles. The van der Waals surface area contributed by atoms with E-state index >= 15 is 0 Å². The number of hydrazine groups is 1. The average molecular weight is 728 g/mol. The summed E-state index contributed by atoms with van der Waals surface area (Å²) in [7, 11) is 0. The summed E-state index contributed by atoms with van der Waals surface area (Å²) in [5, 5.41) is 9.69. The van der Waals surface area contributed by atoms with Crippen molar-refractivity contribution in [1.82, 2.24) is 10.9 Å². The van der Waals surface area contributed by atoms with Crippen molar-refractivity contribution < 1.29 is 19.4 Å². The zero-order valence-electron chi connectivity index (χ0n) is 23.1. The van der Waals surface area contributed by atoms with Crippen molar-refractivity contribution in [2.75, 3.05) is 13.2 Å². The van der Waals surface area contributed by atoms with Crippen molar-refractivity contribution in [3.8, 4) is 5.75 Å². The Morgan fingerprint density at radius 3 is 2.19 bits per heavy atom. The lowest BCUT2D eigenvalue weighted by Crippen LogP contribution is -2.53. The van der Waals surface area contributed by atoms with Gasteiger partial charge in [-0.1, -0.05) is 79.9 Å². The summed E-state index contributed by atoms with van der Waals surface area (Å²) in [5.41, 5.74) is 8.08. The van der Waals surface area contributed by atoms with Gasteiger partial charge in [0.05, 0.1) is 6.61 Å². The van der Waals surface area contributed by atoms with E-state index in [-0.39, 0.29) is 12.5 Å². The Hall–Kier alpha value is -3.21. The highest BCUT2D eigenvalue weighted by Gasteiger charge is 2.53. The second-order valence-corrected chi connectivity index (χ2v) is 12.3. The number of nitrogens with zero attached hydrogens (tertiary/aromatic N) is 1. The van der Waals surface area contributed by atoms with Crippen molar-refractivity contribution in [3.63, 3.8) is 0 Å². The van der Waals surface area contributed by atoms with E-state index in [0.29, 0.717) is 42.7 Å². The minimum Gasteiger partial charge on any atom is -0.494 e. The zero-order valence-corrected chi connectivity index (χ0v) is 27.0. The van der Waals surface area contributed by atoms with Gasteiger partial charge in [0.1, 0.15) is 5.75 Å². The quantitative estimate of drug-likeness (QED) is 0.109. The molecule has 0 fully saturated rings. The van der Waals surface area contributed by atoms with Gasteiger partial charge in [0.2, 0.25) is 5.90 Å². The number of nitrogens with one attached hydrogen (secondary N) is 2. The average Bonchev–Trinajstić information content (AvgIpc) is 3.40. The maximum Gasteiger partial charge on any atom is 0.266 e. The van der Waals surface area contributed by atoms with Gasteiger partial charge in [-0.3, -0.25) is 10.2 Å². The first kappa shape index (κ1) is 31.2. The van der Waals surface area contributed by atoms with Crippen LogP contribution in [0.5, 0.6) is 5.75 Å². The van der Waals surface area contributed by atoms with Crippen molar-refractivity contribution in [3.05, 3.63) is 133 Å². The second kappa shape index (κ2) is 14.5. The maximum atomic E-state index is 14.3. The SMILES string of the molecule is O=C(NNCc1ccc(Cl)cc1)[C@@]1(Cc2ccc(Br)cc2)N=C(c2ccc(OCCCO)cc2)O[C@H]1c1ccc(Br)cc1. The van der Waals surface area contributed by atoms with Crippen molar-refractivity contribution >= 4 is 55.3 Å². The molecular weight excluding hydrogens is 698 g/mol. The predicted molar refractivity (Wildman–Crippen MR) is 175 cm³/mol. The van der Waals surface area contributed by atoms with E-state index in [1.54, 1.807) is 0 Å². The van der Waals surface area contributed by atoms with Gasteiger partial charge in [-0.15, -0.1) is 0 Å². The van der Waals surface area contributed by atoms with Crippen LogP contribution in [0.25, 0.3) is 0 Å². The highest BCUT2D eigenvalue weighted by atomic mass is 79.9. The number of aliphatic imine (C=N–C) groups is 1. The van der Waals surface area contributed by atoms with E-state index in [4.69, 9.17) is 31.2 Å². The molecule has 1 heterocycles. The summed E-state index contributed by atoms with van der Waals surface area (Å²) < 4.78 is 14.1. The van der Waals surface area contributed by atoms with Crippen LogP contribution in [0.3, 0.4) is 0 Å². The van der Waals surface area contributed by atoms with E-state index in [9.17, 15) is 4.79 Å². The summed E-state index contributed by atoms with van der Waals surface area (Å²) in [5.74, 6) is 0.710. The molecule has 0 unspecified atom stereocenters. The molecule has 4 aromatic carbocycles. The van der Waals surface area contributed by atoms with Gasteiger partial charge in [0, 0.05) is 45.5 Å². The Labute approximate surface area is 272 Å². The minimum atomic E-state index is -1.33. The van der Waals surface area contributed by atoms with Crippen LogP contribution in [0, 0.1) is 0 Å². The molecule has 0 radical (unpaired) electrons. The largest absolute Gasteiger partial charge is 0.494 e. The molecule has 0 bridgehead atoms. The van der Waals surface area contributed by atoms with Crippen molar-refractivity contribution in [2.24, 2.45) is 4.99 Å². The first-order valence-electron chi connectivity index (χ1n) is 13.7. The number of hydrogen-bond donors (Lipinski definition) is 3. The third-order valence-electron chi connectivity index (χ3n) is 7.00. The lowest BCUT2D eigenvalue weighted by molar-refractivity contribution is -0.130. The van der Waals surface area contributed by atoms with E-state index in [1.807, 2.05) is 97.1 Å². The molecule has 222 valence electrons. The number of hydrogen-bond acceptors (Lipinski definition) is 6. The topological polar surface area (TPSA) is 92.2 Å². The second-order valence-electron chi connectivity index (χ2n) is 10.1. The Morgan fingerprint density at radius 2 is 1.53 bits per heavy atom. The molecule has 1 aliphatic heterocycles. The molecular formula is C33H30Br2ClN3O4. The Balaban J connectivity index is 1.50. The van der Waals surface area contributed by atoms with Crippen LogP contribution < -0.4 is 15.6 Å². The smallest absolute Gasteiger partial charge is 0.266 e. The molecule has 2 atom stereocenters. The molecule has 43 heavy (non-hydrogen) atoms. The highest BCUT2D eigenvalue weighted by molar-refractivity contribution is 9.10.